The molecule has 0 aromatic rings. The van der Waals surface area contributed by atoms with Crippen LogP contribution in [0.25, 0.3) is 0 Å². The molecule has 0 saturated heterocycles. The molecule has 1 fully saturated rings. The summed E-state index contributed by atoms with van der Waals surface area (Å²) in [5, 5.41) is 2.41. The first-order valence-electron chi connectivity index (χ1n) is 7.97. The highest BCUT2D eigenvalue weighted by Crippen LogP contribution is 2.24. The van der Waals surface area contributed by atoms with E-state index in [1.165, 1.54) is 87.7 Å². The van der Waals surface area contributed by atoms with Crippen molar-refractivity contribution in [2.24, 2.45) is 5.92 Å². The highest BCUT2D eigenvalue weighted by Gasteiger charge is 2.10. The minimum atomic E-state index is 1.00. The first-order chi connectivity index (χ1) is 8.85. The molecule has 0 bridgehead atoms. The Bertz CT molecular complexity index is 134. The fourth-order valence-electron chi connectivity index (χ4n) is 2.39. The second-order valence-electron chi connectivity index (χ2n) is 5.47. The maximum atomic E-state index is 3.51. The molecule has 0 nitrogen and oxygen atoms in total. The Morgan fingerprint density at radius 2 is 1.33 bits per heavy atom. The Kier molecular flexibility index (Phi) is 16.9. The fraction of sp³-hybridized carbons (Fsp3) is 1.00. The summed E-state index contributed by atoms with van der Waals surface area (Å²) in [6.07, 6.45) is 17.2. The van der Waals surface area contributed by atoms with E-state index in [-0.39, 0.29) is 0 Å². The smallest absolute Gasteiger partial charge is 0.00596 e. The second-order valence-corrected chi connectivity index (χ2v) is 6.91. The molecule has 2 heteroatoms. The number of alkyl halides is 2. The molecular weight excluding hydrogens is 352 g/mol. The Labute approximate surface area is 132 Å². The topological polar surface area (TPSA) is 0 Å². The van der Waals surface area contributed by atoms with Crippen molar-refractivity contribution in [3.05, 3.63) is 0 Å². The summed E-state index contributed by atoms with van der Waals surface area (Å²) in [4.78, 5) is 0. The van der Waals surface area contributed by atoms with Crippen molar-refractivity contribution in [3.8, 4) is 0 Å². The molecule has 110 valence electrons. The number of rotatable bonds is 8. The Balaban J connectivity index is 0.000000327. The van der Waals surface area contributed by atoms with E-state index in [1.54, 1.807) is 0 Å². The molecule has 0 amide bonds. The SMILES string of the molecule is BrCC1CCCCC1.CCCCCCCCCBr. The van der Waals surface area contributed by atoms with Gasteiger partial charge in [0.15, 0.2) is 0 Å². The first kappa shape index (κ1) is 19.0. The summed E-state index contributed by atoms with van der Waals surface area (Å²) in [6, 6.07) is 0. The van der Waals surface area contributed by atoms with Gasteiger partial charge in [-0.3, -0.25) is 0 Å². The minimum Gasteiger partial charge on any atom is -0.0928 e. The molecule has 0 heterocycles. The summed E-state index contributed by atoms with van der Waals surface area (Å²) in [5.74, 6) is 1.00. The van der Waals surface area contributed by atoms with E-state index in [9.17, 15) is 0 Å². The van der Waals surface area contributed by atoms with Crippen LogP contribution in [0.2, 0.25) is 0 Å². The van der Waals surface area contributed by atoms with Crippen molar-refractivity contribution in [1.29, 1.82) is 0 Å². The molecular formula is C16H32Br2. The molecule has 1 saturated carbocycles. The van der Waals surface area contributed by atoms with Crippen LogP contribution in [-0.4, -0.2) is 10.7 Å². The van der Waals surface area contributed by atoms with Crippen LogP contribution in [0.15, 0.2) is 0 Å². The van der Waals surface area contributed by atoms with Crippen LogP contribution in [0, 0.1) is 5.92 Å². The zero-order chi connectivity index (χ0) is 13.5. The van der Waals surface area contributed by atoms with Gasteiger partial charge in [-0.25, -0.2) is 0 Å². The lowest BCUT2D eigenvalue weighted by Crippen LogP contribution is -2.06. The monoisotopic (exact) mass is 382 g/mol. The lowest BCUT2D eigenvalue weighted by atomic mass is 9.91. The summed E-state index contributed by atoms with van der Waals surface area (Å²) in [5.41, 5.74) is 0. The third-order valence-electron chi connectivity index (χ3n) is 3.68. The molecule has 18 heavy (non-hydrogen) atoms. The summed E-state index contributed by atoms with van der Waals surface area (Å²) in [7, 11) is 0. The van der Waals surface area contributed by atoms with E-state index in [0.29, 0.717) is 0 Å². The van der Waals surface area contributed by atoms with Crippen molar-refractivity contribution in [2.75, 3.05) is 10.7 Å². The fourth-order valence-corrected chi connectivity index (χ4v) is 3.44. The standard InChI is InChI=1S/C9H19Br.C7H13Br/c1-2-3-4-5-6-7-8-9-10;8-6-7-4-2-1-3-5-7/h2-9H2,1H3;7H,1-6H2. The molecule has 1 rings (SSSR count). The van der Waals surface area contributed by atoms with Gasteiger partial charge < -0.3 is 0 Å². The summed E-state index contributed by atoms with van der Waals surface area (Å²) < 4.78 is 0. The molecule has 1 aliphatic rings. The average molecular weight is 384 g/mol. The molecule has 1 aliphatic carbocycles. The number of hydrogen-bond acceptors (Lipinski definition) is 0. The van der Waals surface area contributed by atoms with Crippen molar-refractivity contribution >= 4 is 31.9 Å². The van der Waals surface area contributed by atoms with Crippen LogP contribution >= 0.6 is 31.9 Å². The lowest BCUT2D eigenvalue weighted by molar-refractivity contribution is 0.392. The number of hydrogen-bond donors (Lipinski definition) is 0. The largest absolute Gasteiger partial charge is 0.0928 e. The van der Waals surface area contributed by atoms with Crippen molar-refractivity contribution in [3.63, 3.8) is 0 Å². The molecule has 0 aliphatic heterocycles. The predicted octanol–water partition coefficient (Wildman–Crippen LogP) is 7.09. The first-order valence-corrected chi connectivity index (χ1v) is 10.2. The highest BCUT2D eigenvalue weighted by atomic mass is 79.9. The van der Waals surface area contributed by atoms with Gasteiger partial charge in [0, 0.05) is 10.7 Å². The number of unbranched alkanes of at least 4 members (excludes halogenated alkanes) is 6. The van der Waals surface area contributed by atoms with Crippen molar-refractivity contribution in [2.45, 2.75) is 84.0 Å². The molecule has 0 atom stereocenters. The lowest BCUT2D eigenvalue weighted by Gasteiger charge is -2.18. The van der Waals surface area contributed by atoms with Gasteiger partial charge in [0.25, 0.3) is 0 Å². The molecule has 0 spiro atoms. The normalized spacial score (nSPS) is 16.2. The highest BCUT2D eigenvalue weighted by molar-refractivity contribution is 9.09. The van der Waals surface area contributed by atoms with E-state index in [4.69, 9.17) is 0 Å². The van der Waals surface area contributed by atoms with Gasteiger partial charge in [0.1, 0.15) is 0 Å². The average Bonchev–Trinajstić information content (AvgIpc) is 2.44. The van der Waals surface area contributed by atoms with E-state index in [2.05, 4.69) is 38.8 Å². The van der Waals surface area contributed by atoms with Crippen LogP contribution in [0.5, 0.6) is 0 Å². The van der Waals surface area contributed by atoms with E-state index in [1.807, 2.05) is 0 Å². The van der Waals surface area contributed by atoms with Gasteiger partial charge >= 0.3 is 0 Å². The van der Waals surface area contributed by atoms with Crippen LogP contribution in [0.1, 0.15) is 84.0 Å². The quantitative estimate of drug-likeness (QED) is 0.309. The third-order valence-corrected chi connectivity index (χ3v) is 5.16. The molecule has 0 radical (unpaired) electrons. The van der Waals surface area contributed by atoms with Crippen LogP contribution in [-0.2, 0) is 0 Å². The molecule has 0 aromatic heterocycles. The molecule has 0 N–H and O–H groups in total. The van der Waals surface area contributed by atoms with Gasteiger partial charge in [-0.2, -0.15) is 0 Å². The Morgan fingerprint density at radius 1 is 0.778 bits per heavy atom. The van der Waals surface area contributed by atoms with Gasteiger partial charge in [-0.15, -0.1) is 0 Å². The summed E-state index contributed by atoms with van der Waals surface area (Å²) in [6.45, 7) is 2.26. The predicted molar refractivity (Wildman–Crippen MR) is 92.2 cm³/mol. The maximum Gasteiger partial charge on any atom is 0.00596 e. The van der Waals surface area contributed by atoms with Gasteiger partial charge in [0.2, 0.25) is 0 Å². The van der Waals surface area contributed by atoms with Crippen molar-refractivity contribution < 1.29 is 0 Å². The minimum absolute atomic E-state index is 1.00. The molecule has 0 aromatic carbocycles. The van der Waals surface area contributed by atoms with Crippen LogP contribution in [0.4, 0.5) is 0 Å². The Hall–Kier alpha value is 0.960. The van der Waals surface area contributed by atoms with Gasteiger partial charge in [-0.1, -0.05) is 96.6 Å². The third kappa shape index (κ3) is 13.4. The van der Waals surface area contributed by atoms with Crippen LogP contribution in [0.3, 0.4) is 0 Å². The zero-order valence-electron chi connectivity index (χ0n) is 12.2. The van der Waals surface area contributed by atoms with Crippen LogP contribution < -0.4 is 0 Å². The van der Waals surface area contributed by atoms with Crippen molar-refractivity contribution in [1.82, 2.24) is 0 Å². The van der Waals surface area contributed by atoms with E-state index >= 15 is 0 Å². The van der Waals surface area contributed by atoms with Gasteiger partial charge in [-0.05, 0) is 25.2 Å². The van der Waals surface area contributed by atoms with E-state index in [0.717, 1.165) is 5.92 Å². The Morgan fingerprint density at radius 3 is 1.78 bits per heavy atom. The second kappa shape index (κ2) is 16.0. The zero-order valence-corrected chi connectivity index (χ0v) is 15.4. The number of halogens is 2. The van der Waals surface area contributed by atoms with Gasteiger partial charge in [0.05, 0.1) is 0 Å². The molecule has 0 unspecified atom stereocenters. The summed E-state index contributed by atoms with van der Waals surface area (Å²) >= 11 is 6.94. The maximum absolute atomic E-state index is 3.51. The van der Waals surface area contributed by atoms with E-state index < -0.39 is 0 Å².